The van der Waals surface area contributed by atoms with Gasteiger partial charge in [-0.3, -0.25) is 4.79 Å². The van der Waals surface area contributed by atoms with Gasteiger partial charge in [0.25, 0.3) is 0 Å². The zero-order chi connectivity index (χ0) is 8.15. The maximum Gasteiger partial charge on any atom is 0.302 e. The molecule has 0 aliphatic carbocycles. The van der Waals surface area contributed by atoms with Crippen molar-refractivity contribution >= 4 is 21.9 Å². The number of hydrogen-bond donors (Lipinski definition) is 0. The summed E-state index contributed by atoms with van der Waals surface area (Å²) in [5, 5.41) is 0. The molecule has 0 aromatic rings. The lowest BCUT2D eigenvalue weighted by molar-refractivity contribution is -0.139. The first kappa shape index (κ1) is 9.69. The summed E-state index contributed by atoms with van der Waals surface area (Å²) in [5.41, 5.74) is 1.04. The molecular weight excluding hydrogens is 196 g/mol. The van der Waals surface area contributed by atoms with Gasteiger partial charge in [-0.1, -0.05) is 15.9 Å². The first-order valence-electron chi connectivity index (χ1n) is 2.99. The van der Waals surface area contributed by atoms with Crippen LogP contribution in [0.15, 0.2) is 10.1 Å². The third-order valence-corrected chi connectivity index (χ3v) is 1.76. The summed E-state index contributed by atoms with van der Waals surface area (Å²) in [6.45, 7) is 5.61. The molecule has 0 radical (unpaired) electrons. The van der Waals surface area contributed by atoms with Gasteiger partial charge in [0.2, 0.25) is 0 Å². The Balaban J connectivity index is 3.71. The Kier molecular flexibility index (Phi) is 4.36. The van der Waals surface area contributed by atoms with E-state index in [2.05, 4.69) is 15.9 Å². The van der Waals surface area contributed by atoms with Crippen molar-refractivity contribution in [3.8, 4) is 0 Å². The Labute approximate surface area is 69.4 Å². The number of hydrogen-bond acceptors (Lipinski definition) is 2. The molecule has 2 nitrogen and oxygen atoms in total. The number of rotatable bonds is 2. The number of esters is 1. The van der Waals surface area contributed by atoms with E-state index in [0.717, 1.165) is 10.1 Å². The van der Waals surface area contributed by atoms with Crippen LogP contribution < -0.4 is 0 Å². The van der Waals surface area contributed by atoms with Crippen molar-refractivity contribution in [2.24, 2.45) is 0 Å². The van der Waals surface area contributed by atoms with E-state index < -0.39 is 0 Å². The quantitative estimate of drug-likeness (QED) is 0.649. The minimum atomic E-state index is -0.242. The molecule has 0 spiro atoms. The van der Waals surface area contributed by atoms with Crippen LogP contribution in [0, 0.1) is 0 Å². The predicted octanol–water partition coefficient (Wildman–Crippen LogP) is 2.24. The molecule has 3 heteroatoms. The monoisotopic (exact) mass is 206 g/mol. The van der Waals surface area contributed by atoms with Crippen LogP contribution in [0.4, 0.5) is 0 Å². The topological polar surface area (TPSA) is 26.3 Å². The van der Waals surface area contributed by atoms with Gasteiger partial charge in [-0.15, -0.1) is 0 Å². The van der Waals surface area contributed by atoms with E-state index in [-0.39, 0.29) is 5.97 Å². The fourth-order valence-corrected chi connectivity index (χ4v) is 0.424. The molecule has 0 saturated carbocycles. The molecule has 0 atom stereocenters. The van der Waals surface area contributed by atoms with E-state index in [1.54, 1.807) is 0 Å². The first-order chi connectivity index (χ1) is 4.54. The largest absolute Gasteiger partial charge is 0.461 e. The predicted molar refractivity (Wildman–Crippen MR) is 43.9 cm³/mol. The molecule has 0 heterocycles. The van der Waals surface area contributed by atoms with Crippen molar-refractivity contribution in [2.45, 2.75) is 20.8 Å². The molecule has 10 heavy (non-hydrogen) atoms. The highest BCUT2D eigenvalue weighted by molar-refractivity contribution is 9.11. The van der Waals surface area contributed by atoms with Gasteiger partial charge < -0.3 is 4.74 Å². The van der Waals surface area contributed by atoms with Crippen LogP contribution in [0.2, 0.25) is 0 Å². The summed E-state index contributed by atoms with van der Waals surface area (Å²) in [5.74, 6) is -0.242. The van der Waals surface area contributed by atoms with Gasteiger partial charge >= 0.3 is 5.97 Å². The minimum Gasteiger partial charge on any atom is -0.461 e. The molecule has 0 unspecified atom stereocenters. The lowest BCUT2D eigenvalue weighted by Gasteiger charge is -2.01. The molecule has 0 aliphatic heterocycles. The summed E-state index contributed by atoms with van der Waals surface area (Å²) in [7, 11) is 0. The zero-order valence-corrected chi connectivity index (χ0v) is 7.99. The molecule has 0 N–H and O–H groups in total. The van der Waals surface area contributed by atoms with Gasteiger partial charge in [-0.25, -0.2) is 0 Å². The highest BCUT2D eigenvalue weighted by atomic mass is 79.9. The van der Waals surface area contributed by atoms with Crippen LogP contribution >= 0.6 is 15.9 Å². The van der Waals surface area contributed by atoms with Crippen molar-refractivity contribution < 1.29 is 9.53 Å². The van der Waals surface area contributed by atoms with Crippen molar-refractivity contribution in [1.29, 1.82) is 0 Å². The lowest BCUT2D eigenvalue weighted by atomic mass is 10.3. The smallest absolute Gasteiger partial charge is 0.302 e. The Morgan fingerprint density at radius 1 is 1.40 bits per heavy atom. The van der Waals surface area contributed by atoms with Gasteiger partial charge in [0.15, 0.2) is 0 Å². The summed E-state index contributed by atoms with van der Waals surface area (Å²) in [6, 6.07) is 0. The molecule has 0 fully saturated rings. The second kappa shape index (κ2) is 4.50. The van der Waals surface area contributed by atoms with Crippen LogP contribution in [0.25, 0.3) is 0 Å². The van der Waals surface area contributed by atoms with Gasteiger partial charge in [0.1, 0.15) is 6.61 Å². The van der Waals surface area contributed by atoms with Crippen molar-refractivity contribution in [3.05, 3.63) is 10.1 Å². The Morgan fingerprint density at radius 3 is 2.20 bits per heavy atom. The van der Waals surface area contributed by atoms with Gasteiger partial charge in [0.05, 0.1) is 0 Å². The molecule has 58 valence electrons. The fourth-order valence-electron chi connectivity index (χ4n) is 0.309. The van der Waals surface area contributed by atoms with Gasteiger partial charge in [-0.2, -0.15) is 0 Å². The van der Waals surface area contributed by atoms with Crippen LogP contribution in [0.5, 0.6) is 0 Å². The third-order valence-electron chi connectivity index (χ3n) is 1.08. The van der Waals surface area contributed by atoms with Crippen molar-refractivity contribution in [2.75, 3.05) is 6.61 Å². The average Bonchev–Trinajstić information content (AvgIpc) is 1.82. The van der Waals surface area contributed by atoms with E-state index in [4.69, 9.17) is 4.74 Å². The summed E-state index contributed by atoms with van der Waals surface area (Å²) in [4.78, 5) is 10.3. The number of halogens is 1. The molecule has 0 rings (SSSR count). The number of carbonyl (C=O) groups is 1. The average molecular weight is 207 g/mol. The number of ether oxygens (including phenoxy) is 1. The molecule has 0 aromatic carbocycles. The zero-order valence-electron chi connectivity index (χ0n) is 6.40. The van der Waals surface area contributed by atoms with E-state index in [1.807, 2.05) is 13.8 Å². The molecular formula is C7H11BrO2. The maximum absolute atomic E-state index is 10.3. The normalized spacial score (nSPS) is 12.4. The van der Waals surface area contributed by atoms with Crippen molar-refractivity contribution in [1.82, 2.24) is 0 Å². The minimum absolute atomic E-state index is 0.242. The van der Waals surface area contributed by atoms with E-state index >= 15 is 0 Å². The number of allylic oxidation sites excluding steroid dienone is 1. The summed E-state index contributed by atoms with van der Waals surface area (Å²) < 4.78 is 5.76. The van der Waals surface area contributed by atoms with Crippen LogP contribution in [0.3, 0.4) is 0 Å². The third kappa shape index (κ3) is 4.56. The molecule has 0 aromatic heterocycles. The molecule has 0 amide bonds. The van der Waals surface area contributed by atoms with Crippen molar-refractivity contribution in [3.63, 3.8) is 0 Å². The standard InChI is InChI=1S/C7H11BrO2/c1-5(6(2)8)4-10-7(3)9/h4H2,1-3H3. The van der Waals surface area contributed by atoms with Gasteiger partial charge in [0, 0.05) is 6.92 Å². The maximum atomic E-state index is 10.3. The Hall–Kier alpha value is -0.310. The fraction of sp³-hybridized carbons (Fsp3) is 0.571. The Bertz CT molecular complexity index is 157. The van der Waals surface area contributed by atoms with E-state index in [1.165, 1.54) is 6.92 Å². The van der Waals surface area contributed by atoms with E-state index in [0.29, 0.717) is 6.61 Å². The van der Waals surface area contributed by atoms with Gasteiger partial charge in [-0.05, 0) is 23.9 Å². The highest BCUT2D eigenvalue weighted by Crippen LogP contribution is 2.09. The van der Waals surface area contributed by atoms with E-state index in [9.17, 15) is 4.79 Å². The lowest BCUT2D eigenvalue weighted by Crippen LogP contribution is -2.01. The molecule has 0 aliphatic rings. The summed E-state index contributed by atoms with van der Waals surface area (Å²) >= 11 is 3.28. The van der Waals surface area contributed by atoms with Crippen LogP contribution in [-0.2, 0) is 9.53 Å². The first-order valence-corrected chi connectivity index (χ1v) is 3.78. The second-order valence-electron chi connectivity index (χ2n) is 2.09. The SMILES string of the molecule is CC(=O)OCC(C)=C(C)Br. The Morgan fingerprint density at radius 2 is 1.90 bits per heavy atom. The van der Waals surface area contributed by atoms with Crippen LogP contribution in [-0.4, -0.2) is 12.6 Å². The summed E-state index contributed by atoms with van der Waals surface area (Å²) in [6.07, 6.45) is 0. The number of carbonyl (C=O) groups excluding carboxylic acids is 1. The molecule has 0 bridgehead atoms. The molecule has 0 saturated heterocycles. The van der Waals surface area contributed by atoms with Crippen LogP contribution in [0.1, 0.15) is 20.8 Å². The highest BCUT2D eigenvalue weighted by Gasteiger charge is 1.95. The second-order valence-corrected chi connectivity index (χ2v) is 3.28.